The van der Waals surface area contributed by atoms with E-state index in [4.69, 9.17) is 25.1 Å². The average molecular weight is 1380 g/mol. The lowest BCUT2D eigenvalue weighted by Gasteiger charge is -2.41. The Hall–Kier alpha value is -9.68. The number of likely N-dealkylation sites (N-methyl/N-ethyl adjacent to an activating group) is 1. The Morgan fingerprint density at radius 1 is 0.897 bits per heavy atom. The van der Waals surface area contributed by atoms with Crippen LogP contribution in [0.1, 0.15) is 83.6 Å². The third kappa shape index (κ3) is 20.9. The van der Waals surface area contributed by atoms with Gasteiger partial charge >= 0.3 is 18.2 Å². The van der Waals surface area contributed by atoms with Crippen molar-refractivity contribution in [1.29, 1.82) is 0 Å². The number of para-hydroxylation sites is 1. The summed E-state index contributed by atoms with van der Waals surface area (Å²) in [6.07, 6.45) is -0.0553. The van der Waals surface area contributed by atoms with Crippen LogP contribution in [-0.2, 0) is 52.9 Å². The minimum atomic E-state index is -5.08. The molecule has 3 aromatic heterocycles. The number of hydrogen-bond donors (Lipinski definition) is 7. The van der Waals surface area contributed by atoms with E-state index in [1.165, 1.54) is 40.9 Å². The van der Waals surface area contributed by atoms with E-state index in [-0.39, 0.29) is 63.1 Å². The monoisotopic (exact) mass is 1380 g/mol. The first-order valence-corrected chi connectivity index (χ1v) is 32.8. The topological polar surface area (TPSA) is 346 Å². The van der Waals surface area contributed by atoms with Crippen molar-refractivity contribution in [3.05, 3.63) is 118 Å². The number of thiazole rings is 2. The van der Waals surface area contributed by atoms with Crippen LogP contribution in [0.2, 0.25) is 0 Å². The SMILES string of the molecule is Cc1c(Nc2nc3ccccc3s2)nnc2c1CCCN2c1nc(C(=O)[O-])c(CCCOc2ccc(C#CCN3CC[N+](C)(Cc4ccc(NC(=O)[C@H](CCCNC(N)=O)NC(=O)[C@@H](NC(=O)CCOCCN5C(=O)C=CC5=O)C(C)C)cc4)CC3)cc2F)s1.O=C(O)C(F)(F)F. The van der Waals surface area contributed by atoms with Crippen LogP contribution in [0.3, 0.4) is 0 Å². The summed E-state index contributed by atoms with van der Waals surface area (Å²) in [4.78, 5) is 111. The summed E-state index contributed by atoms with van der Waals surface area (Å²) in [5, 5.41) is 43.9. The Balaban J connectivity index is 0.00000163. The van der Waals surface area contributed by atoms with E-state index in [2.05, 4.69) is 70.5 Å². The number of aliphatic carboxylic acids is 1. The largest absolute Gasteiger partial charge is 0.543 e. The van der Waals surface area contributed by atoms with Gasteiger partial charge in [0.1, 0.15) is 24.3 Å². The van der Waals surface area contributed by atoms with Crippen LogP contribution >= 0.6 is 22.7 Å². The smallest absolute Gasteiger partial charge is 0.490 e. The van der Waals surface area contributed by atoms with Crippen LogP contribution in [-0.4, -0.2) is 185 Å². The van der Waals surface area contributed by atoms with Gasteiger partial charge in [0.25, 0.3) is 11.8 Å². The first kappa shape index (κ1) is 73.1. The first-order valence-electron chi connectivity index (χ1n) is 31.1. The number of ether oxygens (including phenoxy) is 2. The number of imide groups is 1. The summed E-state index contributed by atoms with van der Waals surface area (Å²) in [5.74, 6) is 0.156. The van der Waals surface area contributed by atoms with Crippen LogP contribution in [0.15, 0.2) is 78.9 Å². The van der Waals surface area contributed by atoms with E-state index in [1.807, 2.05) is 48.2 Å². The molecule has 0 saturated carbocycles. The fourth-order valence-electron chi connectivity index (χ4n) is 10.6. The molecule has 97 heavy (non-hydrogen) atoms. The van der Waals surface area contributed by atoms with E-state index in [0.29, 0.717) is 70.4 Å². The number of rotatable bonds is 28. The molecule has 9 rings (SSSR count). The molecular weight excluding hydrogens is 1310 g/mol. The normalized spacial score (nSPS) is 14.9. The number of nitrogens with zero attached hydrogens (tertiary/aromatic N) is 8. The number of carboxylic acids is 2. The number of amides is 7. The van der Waals surface area contributed by atoms with E-state index < -0.39 is 71.6 Å². The van der Waals surface area contributed by atoms with E-state index in [0.717, 1.165) is 81.9 Å². The number of nitrogens with one attached hydrogen (secondary N) is 5. The average Bonchev–Trinajstić information content (AvgIpc) is 1.76. The Morgan fingerprint density at radius 2 is 1.62 bits per heavy atom. The molecule has 2 atom stereocenters. The van der Waals surface area contributed by atoms with Gasteiger partial charge in [-0.25, -0.2) is 23.9 Å². The Bertz CT molecular complexity index is 3890. The summed E-state index contributed by atoms with van der Waals surface area (Å²) < 4.78 is 60.2. The molecule has 3 aliphatic rings. The summed E-state index contributed by atoms with van der Waals surface area (Å²) in [6.45, 7) is 11.0. The summed E-state index contributed by atoms with van der Waals surface area (Å²) in [5.41, 5.74) is 10.0. The molecule has 0 unspecified atom stereocenters. The van der Waals surface area contributed by atoms with Crippen molar-refractivity contribution in [2.45, 2.75) is 90.5 Å². The fourth-order valence-corrected chi connectivity index (χ4v) is 12.6. The number of aromatic nitrogens is 4. The molecule has 516 valence electrons. The molecule has 1 saturated heterocycles. The zero-order chi connectivity index (χ0) is 70.0. The second kappa shape index (κ2) is 33.8. The van der Waals surface area contributed by atoms with Crippen molar-refractivity contribution in [2.24, 2.45) is 11.7 Å². The number of hydrogen-bond acceptors (Lipinski definition) is 20. The number of aryl methyl sites for hydroxylation is 1. The molecule has 3 aromatic carbocycles. The third-order valence-electron chi connectivity index (χ3n) is 15.9. The zero-order valence-electron chi connectivity index (χ0n) is 53.6. The number of fused-ring (bicyclic) bond motifs is 2. The first-order chi connectivity index (χ1) is 46.2. The number of quaternary nitrogens is 1. The lowest BCUT2D eigenvalue weighted by Crippen LogP contribution is -2.56. The minimum Gasteiger partial charge on any atom is -0.543 e. The molecule has 7 amide bonds. The number of nitrogens with two attached hydrogens (primary N) is 1. The van der Waals surface area contributed by atoms with Gasteiger partial charge in [0.15, 0.2) is 33.5 Å². The summed E-state index contributed by atoms with van der Waals surface area (Å²) >= 11 is 2.79. The molecule has 0 aliphatic carbocycles. The van der Waals surface area contributed by atoms with Crippen molar-refractivity contribution in [1.82, 2.24) is 45.9 Å². The van der Waals surface area contributed by atoms with Crippen LogP contribution in [0.5, 0.6) is 5.75 Å². The van der Waals surface area contributed by atoms with Gasteiger partial charge < -0.3 is 66.2 Å². The quantitative estimate of drug-likeness (QED) is 0.0105. The van der Waals surface area contributed by atoms with Crippen molar-refractivity contribution in [3.8, 4) is 17.6 Å². The van der Waals surface area contributed by atoms with Gasteiger partial charge in [0.2, 0.25) is 17.7 Å². The Labute approximate surface area is 563 Å². The van der Waals surface area contributed by atoms with Crippen molar-refractivity contribution in [2.75, 3.05) is 94.8 Å². The molecule has 6 heterocycles. The molecule has 8 N–H and O–H groups in total. The van der Waals surface area contributed by atoms with Gasteiger partial charge in [-0.1, -0.05) is 61.3 Å². The molecule has 6 aromatic rings. The standard InChI is InChI=1S/C63H73FN14O10S2.C2HF3O2/c1-39(2)54(70-51(79)25-35-87-36-31-76-52(80)23-24-53(76)81)59(83)68-47(14-7-26-66-61(65)86)58(82)67-43-20-17-42(18-21-43)38-78(4)32-29-75(30-33-78)27-8-11-41-19-22-48(45(64)37-41)88-34-10-16-50-55(60(84)85)71-63(90-50)77-28-9-12-44-40(3)56(73-74-57(44)77)72-62-69-46-13-5-6-15-49(46)89-62;3-2(4,5)1(6)7/h5-6,13,15,17-24,37,39,47,54H,7,9-10,12,14,16,25-36,38H2,1-4H3,(H7-,65,66,67,68,69,70,72,73,79,82,83,84,85,86);(H,6,7)/t47-,54-;/m0./s1. The number of carbonyl (C=O) groups excluding carboxylic acids is 7. The molecule has 1 fully saturated rings. The van der Waals surface area contributed by atoms with Crippen molar-refractivity contribution in [3.63, 3.8) is 0 Å². The second-order valence-electron chi connectivity index (χ2n) is 23.6. The van der Waals surface area contributed by atoms with E-state index in [1.54, 1.807) is 38.1 Å². The number of aromatic carboxylic acids is 1. The van der Waals surface area contributed by atoms with Gasteiger partial charge in [0, 0.05) is 77.6 Å². The highest BCUT2D eigenvalue weighted by Crippen LogP contribution is 2.39. The van der Waals surface area contributed by atoms with E-state index >= 15 is 4.39 Å². The van der Waals surface area contributed by atoms with Gasteiger partial charge in [-0.3, -0.25) is 33.8 Å². The maximum atomic E-state index is 15.3. The van der Waals surface area contributed by atoms with E-state index in [9.17, 15) is 51.8 Å². The molecular formula is C65H74F4N14O12S2. The Kier molecular flexibility index (Phi) is 25.5. The Morgan fingerprint density at radius 3 is 2.29 bits per heavy atom. The number of urea groups is 1. The van der Waals surface area contributed by atoms with Gasteiger partial charge in [-0.2, -0.15) is 13.2 Å². The van der Waals surface area contributed by atoms with Crippen LogP contribution < -0.4 is 47.1 Å². The van der Waals surface area contributed by atoms with Crippen LogP contribution in [0.4, 0.5) is 49.9 Å². The lowest BCUT2D eigenvalue weighted by molar-refractivity contribution is -0.926. The highest BCUT2D eigenvalue weighted by Gasteiger charge is 2.38. The number of carboxylic acid groups (broad SMARTS) is 2. The van der Waals surface area contributed by atoms with Gasteiger partial charge in [0.05, 0.1) is 69.2 Å². The van der Waals surface area contributed by atoms with Crippen LogP contribution in [0, 0.1) is 30.5 Å². The molecule has 32 heteroatoms. The number of benzene rings is 3. The van der Waals surface area contributed by atoms with Crippen molar-refractivity contribution >= 4 is 108 Å². The lowest BCUT2D eigenvalue weighted by atomic mass is 10.0. The predicted molar refractivity (Wildman–Crippen MR) is 350 cm³/mol. The van der Waals surface area contributed by atoms with Crippen molar-refractivity contribution < 1.29 is 80.1 Å². The predicted octanol–water partition coefficient (Wildman–Crippen LogP) is 5.48. The summed E-state index contributed by atoms with van der Waals surface area (Å²) in [6, 6.07) is 17.3. The van der Waals surface area contributed by atoms with Gasteiger partial charge in [-0.15, -0.1) is 21.5 Å². The molecule has 26 nitrogen and oxygen atoms in total. The maximum absolute atomic E-state index is 15.3. The molecule has 0 spiro atoms. The van der Waals surface area contributed by atoms with Gasteiger partial charge in [-0.05, 0) is 93.8 Å². The van der Waals surface area contributed by atoms with Crippen LogP contribution in [0.25, 0.3) is 10.2 Å². The number of halogens is 4. The number of carbonyl (C=O) groups is 8. The number of alkyl halides is 3. The minimum absolute atomic E-state index is 0.0153. The zero-order valence-corrected chi connectivity index (χ0v) is 55.2. The molecule has 0 radical (unpaired) electrons. The highest BCUT2D eigenvalue weighted by atomic mass is 32.1. The highest BCUT2D eigenvalue weighted by molar-refractivity contribution is 7.22. The molecule has 3 aliphatic heterocycles. The number of primary amides is 1. The number of anilines is 5. The maximum Gasteiger partial charge on any atom is 0.490 e. The third-order valence-corrected chi connectivity index (χ3v) is 18.0. The number of piperazine rings is 1. The molecule has 0 bridgehead atoms. The fraction of sp³-hybridized carbons (Fsp3) is 0.415. The second-order valence-corrected chi connectivity index (χ2v) is 25.7. The summed E-state index contributed by atoms with van der Waals surface area (Å²) in [7, 11) is 2.20.